The molecule has 0 aliphatic carbocycles. The highest BCUT2D eigenvalue weighted by molar-refractivity contribution is 4.67. The van der Waals surface area contributed by atoms with E-state index in [1.165, 1.54) is 6.92 Å². The summed E-state index contributed by atoms with van der Waals surface area (Å²) in [6, 6.07) is 0. The van der Waals surface area contributed by atoms with Crippen molar-refractivity contribution in [1.82, 2.24) is 20.2 Å². The predicted octanol–water partition coefficient (Wildman–Crippen LogP) is 0.458. The lowest BCUT2D eigenvalue weighted by Crippen LogP contribution is -2.19. The van der Waals surface area contributed by atoms with E-state index in [-0.39, 0.29) is 10.6 Å². The number of hydrogen-bond donors (Lipinski definition) is 0. The molecule has 0 aliphatic rings. The van der Waals surface area contributed by atoms with Crippen LogP contribution in [0.4, 0.5) is 13.2 Å². The van der Waals surface area contributed by atoms with Gasteiger partial charge in [0.25, 0.3) is 0 Å². The zero-order valence-electron chi connectivity index (χ0n) is 4.92. The first-order valence-electron chi connectivity index (χ1n) is 2.34. The van der Waals surface area contributed by atoms with Gasteiger partial charge >= 0.3 is 6.30 Å². The van der Waals surface area contributed by atoms with Crippen LogP contribution in [0.5, 0.6) is 0 Å². The molecule has 0 aliphatic heterocycles. The molecular weight excluding hydrogens is 149 g/mol. The maximum absolute atomic E-state index is 11.6. The maximum atomic E-state index is 11.6. The number of halogens is 3. The number of rotatable bonds is 0. The minimum atomic E-state index is -4.55. The summed E-state index contributed by atoms with van der Waals surface area (Å²) in [5.41, 5.74) is 0. The first-order valence-corrected chi connectivity index (χ1v) is 2.34. The van der Waals surface area contributed by atoms with E-state index in [0.29, 0.717) is 0 Å². The van der Waals surface area contributed by atoms with Crippen LogP contribution < -0.4 is 0 Å². The molecule has 0 atom stereocenters. The monoisotopic (exact) mass is 152 g/mol. The van der Waals surface area contributed by atoms with E-state index in [9.17, 15) is 13.2 Å². The molecule has 7 heteroatoms. The van der Waals surface area contributed by atoms with Crippen LogP contribution in [-0.2, 0) is 6.30 Å². The van der Waals surface area contributed by atoms with E-state index in [4.69, 9.17) is 0 Å². The summed E-state index contributed by atoms with van der Waals surface area (Å²) >= 11 is 0. The second kappa shape index (κ2) is 1.93. The van der Waals surface area contributed by atoms with Gasteiger partial charge < -0.3 is 0 Å². The van der Waals surface area contributed by atoms with Crippen molar-refractivity contribution >= 4 is 0 Å². The molecule has 56 valence electrons. The van der Waals surface area contributed by atoms with E-state index in [1.54, 1.807) is 0 Å². The number of aromatic nitrogens is 4. The third-order valence-corrected chi connectivity index (χ3v) is 0.740. The molecule has 0 saturated carbocycles. The average Bonchev–Trinajstić information content (AvgIpc) is 2.11. The molecule has 1 rings (SSSR count). The first-order chi connectivity index (χ1) is 4.50. The number of nitrogens with zero attached hydrogens (tertiary/aromatic N) is 4. The molecule has 0 bridgehead atoms. The standard InChI is InChI=1S/C3H3F3N4/c1-2-7-9-10(8-2)3(4,5)6/h1H3. The molecule has 4 nitrogen and oxygen atoms in total. The molecule has 0 amide bonds. The smallest absolute Gasteiger partial charge is 0.147 e. The van der Waals surface area contributed by atoms with Crippen molar-refractivity contribution in [3.05, 3.63) is 5.82 Å². The van der Waals surface area contributed by atoms with Gasteiger partial charge in [0.05, 0.1) is 0 Å². The lowest BCUT2D eigenvalue weighted by Gasteiger charge is -1.99. The van der Waals surface area contributed by atoms with Crippen LogP contribution in [0.3, 0.4) is 0 Å². The van der Waals surface area contributed by atoms with Crippen molar-refractivity contribution in [3.8, 4) is 0 Å². The summed E-state index contributed by atoms with van der Waals surface area (Å²) in [5, 5.41) is 8.73. The Balaban J connectivity index is 2.96. The van der Waals surface area contributed by atoms with E-state index in [0.717, 1.165) is 0 Å². The summed E-state index contributed by atoms with van der Waals surface area (Å²) in [6.45, 7) is 1.33. The normalized spacial score (nSPS) is 12.0. The van der Waals surface area contributed by atoms with Gasteiger partial charge in [-0.3, -0.25) is 0 Å². The quantitative estimate of drug-likeness (QED) is 0.542. The Morgan fingerprint density at radius 3 is 2.20 bits per heavy atom. The second-order valence-corrected chi connectivity index (χ2v) is 1.59. The van der Waals surface area contributed by atoms with Crippen molar-refractivity contribution in [2.45, 2.75) is 13.2 Å². The van der Waals surface area contributed by atoms with Crippen molar-refractivity contribution in [3.63, 3.8) is 0 Å². The molecule has 1 aromatic heterocycles. The van der Waals surface area contributed by atoms with Gasteiger partial charge in [0.1, 0.15) is 0 Å². The highest BCUT2D eigenvalue weighted by atomic mass is 19.4. The third-order valence-electron chi connectivity index (χ3n) is 0.740. The van der Waals surface area contributed by atoms with Gasteiger partial charge in [0, 0.05) is 0 Å². The summed E-state index contributed by atoms with van der Waals surface area (Å²) in [7, 11) is 0. The van der Waals surface area contributed by atoms with Crippen molar-refractivity contribution in [1.29, 1.82) is 0 Å². The minimum Gasteiger partial charge on any atom is -0.147 e. The Kier molecular flexibility index (Phi) is 1.34. The van der Waals surface area contributed by atoms with Gasteiger partial charge in [-0.25, -0.2) is 0 Å². The van der Waals surface area contributed by atoms with Crippen molar-refractivity contribution < 1.29 is 13.2 Å². The number of hydrogen-bond acceptors (Lipinski definition) is 3. The van der Waals surface area contributed by atoms with Gasteiger partial charge in [-0.15, -0.1) is 23.4 Å². The van der Waals surface area contributed by atoms with Gasteiger partial charge in [-0.05, 0) is 12.1 Å². The lowest BCUT2D eigenvalue weighted by atomic mass is 10.8. The molecule has 0 radical (unpaired) electrons. The fourth-order valence-electron chi connectivity index (χ4n) is 0.392. The molecule has 0 unspecified atom stereocenters. The SMILES string of the molecule is Cc1nnn(C(F)(F)F)n1. The second-order valence-electron chi connectivity index (χ2n) is 1.59. The molecule has 1 heterocycles. The first kappa shape index (κ1) is 6.97. The van der Waals surface area contributed by atoms with Gasteiger partial charge in [-0.1, -0.05) is 4.80 Å². The molecule has 0 fully saturated rings. The van der Waals surface area contributed by atoms with E-state index in [1.807, 2.05) is 0 Å². The zero-order valence-corrected chi connectivity index (χ0v) is 4.92. The molecule has 10 heavy (non-hydrogen) atoms. The van der Waals surface area contributed by atoms with Crippen molar-refractivity contribution in [2.75, 3.05) is 0 Å². The molecule has 0 aromatic carbocycles. The largest absolute Gasteiger partial charge is 0.522 e. The van der Waals surface area contributed by atoms with Crippen molar-refractivity contribution in [2.24, 2.45) is 0 Å². The maximum Gasteiger partial charge on any atom is 0.522 e. The van der Waals surface area contributed by atoms with Crippen LogP contribution >= 0.6 is 0 Å². The Morgan fingerprint density at radius 2 is 2.00 bits per heavy atom. The van der Waals surface area contributed by atoms with Gasteiger partial charge in [-0.2, -0.15) is 0 Å². The predicted molar refractivity (Wildman–Crippen MR) is 23.9 cm³/mol. The summed E-state index contributed by atoms with van der Waals surface area (Å²) in [4.78, 5) is -0.387. The van der Waals surface area contributed by atoms with Gasteiger partial charge in [0.2, 0.25) is 0 Å². The topological polar surface area (TPSA) is 43.6 Å². The minimum absolute atomic E-state index is 0.00248. The molecule has 1 aromatic rings. The van der Waals surface area contributed by atoms with E-state index in [2.05, 4.69) is 15.4 Å². The van der Waals surface area contributed by atoms with E-state index >= 15 is 0 Å². The summed E-state index contributed by atoms with van der Waals surface area (Å²) < 4.78 is 34.8. The molecule has 0 saturated heterocycles. The van der Waals surface area contributed by atoms with Crippen LogP contribution in [-0.4, -0.2) is 20.2 Å². The Morgan fingerprint density at radius 1 is 1.40 bits per heavy atom. The molecule has 0 spiro atoms. The van der Waals surface area contributed by atoms with Crippen LogP contribution in [0.1, 0.15) is 5.82 Å². The molecular formula is C3H3F3N4. The fourth-order valence-corrected chi connectivity index (χ4v) is 0.392. The van der Waals surface area contributed by atoms with Crippen LogP contribution in [0.2, 0.25) is 0 Å². The third kappa shape index (κ3) is 1.23. The highest BCUT2D eigenvalue weighted by Crippen LogP contribution is 2.18. The highest BCUT2D eigenvalue weighted by Gasteiger charge is 2.33. The summed E-state index contributed by atoms with van der Waals surface area (Å²) in [6.07, 6.45) is -4.55. The Labute approximate surface area is 53.6 Å². The number of aryl methyl sites for hydroxylation is 1. The number of tetrazole rings is 1. The van der Waals surface area contributed by atoms with Crippen LogP contribution in [0.25, 0.3) is 0 Å². The Hall–Kier alpha value is -1.14. The van der Waals surface area contributed by atoms with Crippen LogP contribution in [0, 0.1) is 6.92 Å². The lowest BCUT2D eigenvalue weighted by molar-refractivity contribution is -0.222. The summed E-state index contributed by atoms with van der Waals surface area (Å²) in [5.74, 6) is -0.00248. The molecule has 0 N–H and O–H groups in total. The zero-order chi connectivity index (χ0) is 7.78. The van der Waals surface area contributed by atoms with Gasteiger partial charge in [0.15, 0.2) is 5.82 Å². The number of alkyl halides is 3. The van der Waals surface area contributed by atoms with Crippen LogP contribution in [0.15, 0.2) is 0 Å². The Bertz CT molecular complexity index is 226. The van der Waals surface area contributed by atoms with E-state index < -0.39 is 6.30 Å². The fraction of sp³-hybridized carbons (Fsp3) is 0.667. The average molecular weight is 152 g/mol.